The van der Waals surface area contributed by atoms with Crippen molar-refractivity contribution in [2.24, 2.45) is 10.9 Å². The lowest BCUT2D eigenvalue weighted by molar-refractivity contribution is -0.134. The van der Waals surface area contributed by atoms with Crippen molar-refractivity contribution in [2.75, 3.05) is 19.0 Å². The molecule has 9 nitrogen and oxygen atoms in total. The summed E-state index contributed by atoms with van der Waals surface area (Å²) in [6.45, 7) is 16.8. The lowest BCUT2D eigenvalue weighted by atomic mass is 9.77. The summed E-state index contributed by atoms with van der Waals surface area (Å²) in [5.41, 5.74) is 1.60. The Balaban J connectivity index is 1.60. The first-order chi connectivity index (χ1) is 17.2. The van der Waals surface area contributed by atoms with Crippen LogP contribution in [0.3, 0.4) is 0 Å². The largest absolute Gasteiger partial charge is 0.494 e. The number of alkyl carbamates (subject to hydrolysis) is 1. The van der Waals surface area contributed by atoms with E-state index in [1.54, 1.807) is 0 Å². The molecule has 2 amide bonds. The number of anilines is 1. The number of hydrogen-bond acceptors (Lipinski definition) is 7. The zero-order valence-electron chi connectivity index (χ0n) is 23.6. The van der Waals surface area contributed by atoms with Crippen molar-refractivity contribution in [3.8, 4) is 0 Å². The van der Waals surface area contributed by atoms with Gasteiger partial charge in [-0.15, -0.1) is 0 Å². The third-order valence-corrected chi connectivity index (χ3v) is 8.13. The second-order valence-electron chi connectivity index (χ2n) is 12.1. The van der Waals surface area contributed by atoms with Gasteiger partial charge in [0, 0.05) is 17.8 Å². The molecule has 1 aromatic carbocycles. The first kappa shape index (κ1) is 27.4. The average Bonchev–Trinajstić information content (AvgIpc) is 3.37. The van der Waals surface area contributed by atoms with Crippen LogP contribution in [0.4, 0.5) is 10.5 Å². The number of nitrogens with zero attached hydrogens (tertiary/aromatic N) is 2. The number of amidine groups is 1. The zero-order valence-corrected chi connectivity index (χ0v) is 23.6. The number of aliphatic imine (C=N–C) groups is 1. The van der Waals surface area contributed by atoms with Crippen LogP contribution in [0, 0.1) is 5.92 Å². The molecule has 3 aliphatic rings. The van der Waals surface area contributed by atoms with E-state index in [2.05, 4.69) is 36.6 Å². The van der Waals surface area contributed by atoms with Gasteiger partial charge in [-0.25, -0.2) is 4.79 Å². The summed E-state index contributed by atoms with van der Waals surface area (Å²) < 4.78 is 17.3. The zero-order chi connectivity index (χ0) is 27.3. The Labute approximate surface area is 220 Å². The van der Waals surface area contributed by atoms with Crippen molar-refractivity contribution in [1.82, 2.24) is 10.2 Å². The van der Waals surface area contributed by atoms with E-state index in [1.807, 2.05) is 52.5 Å². The molecule has 3 heterocycles. The predicted octanol–water partition coefficient (Wildman–Crippen LogP) is 3.42. The van der Waals surface area contributed by atoms with E-state index in [0.717, 1.165) is 35.4 Å². The molecule has 0 spiro atoms. The van der Waals surface area contributed by atoms with Crippen molar-refractivity contribution in [3.05, 3.63) is 23.8 Å². The van der Waals surface area contributed by atoms with E-state index in [0.29, 0.717) is 6.54 Å². The molecular weight excluding hydrogens is 471 g/mol. The number of carbonyl (C=O) groups is 2. The van der Waals surface area contributed by atoms with Gasteiger partial charge in [0.05, 0.1) is 29.9 Å². The Bertz CT molecular complexity index is 1080. The van der Waals surface area contributed by atoms with Gasteiger partial charge < -0.3 is 29.6 Å². The molecule has 0 unspecified atom stereocenters. The molecule has 1 aromatic rings. The molecular formula is C27H41BN4O5. The number of amides is 2. The Kier molecular flexibility index (Phi) is 7.14. The molecule has 2 N–H and O–H groups in total. The molecule has 4 rings (SSSR count). The van der Waals surface area contributed by atoms with Crippen LogP contribution in [0.25, 0.3) is 0 Å². The topological polar surface area (TPSA) is 101 Å². The molecule has 3 aliphatic heterocycles. The van der Waals surface area contributed by atoms with Crippen LogP contribution in [0.1, 0.15) is 73.8 Å². The van der Waals surface area contributed by atoms with Gasteiger partial charge in [0.2, 0.25) is 5.91 Å². The number of carbonyl (C=O) groups excluding carboxylic acids is 2. The van der Waals surface area contributed by atoms with Gasteiger partial charge in [-0.3, -0.25) is 9.79 Å². The fourth-order valence-corrected chi connectivity index (χ4v) is 5.20. The highest BCUT2D eigenvalue weighted by Crippen LogP contribution is 2.39. The highest BCUT2D eigenvalue weighted by molar-refractivity contribution is 6.62. The molecule has 0 aliphatic carbocycles. The molecule has 0 saturated carbocycles. The molecule has 2 atom stereocenters. The second kappa shape index (κ2) is 9.62. The van der Waals surface area contributed by atoms with E-state index in [-0.39, 0.29) is 17.9 Å². The van der Waals surface area contributed by atoms with Crippen LogP contribution < -0.4 is 16.1 Å². The molecule has 10 heteroatoms. The summed E-state index contributed by atoms with van der Waals surface area (Å²) in [5.74, 6) is 0.547. The van der Waals surface area contributed by atoms with Gasteiger partial charge in [0.15, 0.2) is 0 Å². The van der Waals surface area contributed by atoms with Gasteiger partial charge in [-0.2, -0.15) is 0 Å². The highest BCUT2D eigenvalue weighted by atomic mass is 16.7. The molecule has 202 valence electrons. The van der Waals surface area contributed by atoms with Crippen LogP contribution in [-0.4, -0.2) is 66.8 Å². The normalized spacial score (nSPS) is 24.3. The fourth-order valence-electron chi connectivity index (χ4n) is 5.20. The molecule has 2 fully saturated rings. The maximum atomic E-state index is 13.6. The molecule has 2 saturated heterocycles. The smallest absolute Gasteiger partial charge is 0.453 e. The maximum Gasteiger partial charge on any atom is 0.494 e. The van der Waals surface area contributed by atoms with Crippen LogP contribution in [0.15, 0.2) is 23.2 Å². The SMILES string of the molecule is COC(=O)N[C@H](C(=O)N1CCC[C@H]1C1=NC(C)(C)c2ccc(B3OC(C)(C)C(C)(C)O3)cc2N1)C(C)C. The number of nitrogens with one attached hydrogen (secondary N) is 2. The molecule has 0 radical (unpaired) electrons. The minimum Gasteiger partial charge on any atom is -0.453 e. The summed E-state index contributed by atoms with van der Waals surface area (Å²) in [4.78, 5) is 32.4. The van der Waals surface area contributed by atoms with Crippen LogP contribution in [-0.2, 0) is 24.4 Å². The third-order valence-electron chi connectivity index (χ3n) is 8.13. The lowest BCUT2D eigenvalue weighted by Crippen LogP contribution is -2.55. The van der Waals surface area contributed by atoms with Crippen molar-refractivity contribution in [2.45, 2.75) is 97.1 Å². The standard InChI is InChI=1S/C27H41BN4O5/c1-16(2)21(30-24(34)35-9)23(33)32-14-10-11-20(32)22-29-19-15-17(12-13-18(19)25(3,4)31-22)28-36-26(5,6)27(7,8)37-28/h12-13,15-16,20-21H,10-11,14H2,1-9H3,(H,29,31)(H,30,34)/t20-,21-/m0/s1. The Morgan fingerprint density at radius 3 is 2.41 bits per heavy atom. The Morgan fingerprint density at radius 2 is 1.81 bits per heavy atom. The summed E-state index contributed by atoms with van der Waals surface area (Å²) in [6.07, 6.45) is 1.05. The van der Waals surface area contributed by atoms with Crippen molar-refractivity contribution >= 4 is 36.1 Å². The number of ether oxygens (including phenoxy) is 1. The van der Waals surface area contributed by atoms with E-state index < -0.39 is 36.0 Å². The third kappa shape index (κ3) is 5.10. The minimum atomic E-state index is -0.674. The van der Waals surface area contributed by atoms with Crippen LogP contribution >= 0.6 is 0 Å². The van der Waals surface area contributed by atoms with Crippen molar-refractivity contribution in [3.63, 3.8) is 0 Å². The Morgan fingerprint density at radius 1 is 1.16 bits per heavy atom. The minimum absolute atomic E-state index is 0.0891. The predicted molar refractivity (Wildman–Crippen MR) is 145 cm³/mol. The molecule has 0 aromatic heterocycles. The number of hydrogen-bond donors (Lipinski definition) is 2. The average molecular weight is 512 g/mol. The Hall–Kier alpha value is -2.59. The second-order valence-corrected chi connectivity index (χ2v) is 12.1. The number of benzene rings is 1. The summed E-state index contributed by atoms with van der Waals surface area (Å²) in [6, 6.07) is 5.32. The van der Waals surface area contributed by atoms with Gasteiger partial charge in [-0.05, 0) is 71.8 Å². The van der Waals surface area contributed by atoms with E-state index in [1.165, 1.54) is 7.11 Å². The molecule has 37 heavy (non-hydrogen) atoms. The maximum absolute atomic E-state index is 13.6. The van der Waals surface area contributed by atoms with E-state index >= 15 is 0 Å². The quantitative estimate of drug-likeness (QED) is 0.587. The highest BCUT2D eigenvalue weighted by Gasteiger charge is 2.52. The number of fused-ring (bicyclic) bond motifs is 1. The lowest BCUT2D eigenvalue weighted by Gasteiger charge is -2.37. The monoisotopic (exact) mass is 512 g/mol. The van der Waals surface area contributed by atoms with Gasteiger partial charge in [0.1, 0.15) is 11.9 Å². The van der Waals surface area contributed by atoms with Gasteiger partial charge in [-0.1, -0.05) is 26.0 Å². The van der Waals surface area contributed by atoms with E-state index in [9.17, 15) is 9.59 Å². The summed E-state index contributed by atoms with van der Waals surface area (Å²) in [7, 11) is 0.830. The molecule has 0 bridgehead atoms. The summed E-state index contributed by atoms with van der Waals surface area (Å²) >= 11 is 0. The number of likely N-dealkylation sites (tertiary alicyclic amines) is 1. The number of rotatable bonds is 5. The van der Waals surface area contributed by atoms with Gasteiger partial charge in [0.25, 0.3) is 0 Å². The van der Waals surface area contributed by atoms with Crippen LogP contribution in [0.2, 0.25) is 0 Å². The number of methoxy groups -OCH3 is 1. The fraction of sp³-hybridized carbons (Fsp3) is 0.667. The van der Waals surface area contributed by atoms with Crippen molar-refractivity contribution in [1.29, 1.82) is 0 Å². The van der Waals surface area contributed by atoms with Crippen LogP contribution in [0.5, 0.6) is 0 Å². The van der Waals surface area contributed by atoms with Gasteiger partial charge >= 0.3 is 13.2 Å². The van der Waals surface area contributed by atoms with Crippen molar-refractivity contribution < 1.29 is 23.6 Å². The first-order valence-electron chi connectivity index (χ1n) is 13.2. The summed E-state index contributed by atoms with van der Waals surface area (Å²) in [5, 5.41) is 6.25. The van der Waals surface area contributed by atoms with E-state index in [4.69, 9.17) is 19.0 Å². The first-order valence-corrected chi connectivity index (χ1v) is 13.2.